The molecule has 3 heterocycles. The third-order valence-electron chi connectivity index (χ3n) is 4.77. The number of amides is 2. The Morgan fingerprint density at radius 2 is 2.09 bits per heavy atom. The molecule has 0 atom stereocenters. The summed E-state index contributed by atoms with van der Waals surface area (Å²) in [5.74, 6) is 1.000. The first-order valence-corrected chi connectivity index (χ1v) is 8.93. The van der Waals surface area contributed by atoms with E-state index < -0.39 is 0 Å². The molecule has 3 rings (SSSR count). The van der Waals surface area contributed by atoms with Gasteiger partial charge in [0.1, 0.15) is 4.88 Å². The minimum atomic E-state index is 0.0701. The normalized spacial score (nSPS) is 19.9. The van der Waals surface area contributed by atoms with Crippen molar-refractivity contribution < 1.29 is 9.59 Å². The predicted molar refractivity (Wildman–Crippen MR) is 87.8 cm³/mol. The van der Waals surface area contributed by atoms with Gasteiger partial charge in [0.25, 0.3) is 5.91 Å². The van der Waals surface area contributed by atoms with E-state index in [1.807, 2.05) is 15.2 Å². The number of carbonyl (C=O) groups excluding carboxylic acids is 2. The highest BCUT2D eigenvalue weighted by Gasteiger charge is 2.26. The molecule has 0 saturated carbocycles. The van der Waals surface area contributed by atoms with Crippen molar-refractivity contribution in [1.29, 1.82) is 0 Å². The first-order chi connectivity index (χ1) is 10.6. The summed E-state index contributed by atoms with van der Waals surface area (Å²) in [6.45, 7) is 3.41. The number of thiophene rings is 1. The van der Waals surface area contributed by atoms with Gasteiger partial charge in [0.15, 0.2) is 0 Å². The quantitative estimate of drug-likeness (QED) is 0.924. The molecule has 5 nitrogen and oxygen atoms in total. The predicted octanol–water partition coefficient (Wildman–Crippen LogP) is 2.20. The molecule has 0 aromatic carbocycles. The summed E-state index contributed by atoms with van der Waals surface area (Å²) in [6.07, 6.45) is 4.84. The van der Waals surface area contributed by atoms with E-state index in [0.717, 1.165) is 58.3 Å². The number of anilines is 1. The molecule has 2 N–H and O–H groups in total. The number of likely N-dealkylation sites (tertiary alicyclic amines) is 2. The Morgan fingerprint density at radius 3 is 2.68 bits per heavy atom. The van der Waals surface area contributed by atoms with Crippen molar-refractivity contribution in [2.75, 3.05) is 31.9 Å². The number of nitrogens with zero attached hydrogens (tertiary/aromatic N) is 2. The van der Waals surface area contributed by atoms with Crippen LogP contribution in [0, 0.1) is 5.92 Å². The maximum atomic E-state index is 12.4. The molecule has 2 fully saturated rings. The third-order valence-corrected chi connectivity index (χ3v) is 5.69. The van der Waals surface area contributed by atoms with E-state index in [1.54, 1.807) is 6.07 Å². The number of hydrogen-bond acceptors (Lipinski definition) is 4. The molecule has 120 valence electrons. The summed E-state index contributed by atoms with van der Waals surface area (Å²) >= 11 is 1.42. The Morgan fingerprint density at radius 1 is 1.32 bits per heavy atom. The van der Waals surface area contributed by atoms with Gasteiger partial charge in [-0.3, -0.25) is 9.59 Å². The van der Waals surface area contributed by atoms with Crippen molar-refractivity contribution in [3.63, 3.8) is 0 Å². The number of rotatable bonds is 4. The fraction of sp³-hybridized carbons (Fsp3) is 0.625. The van der Waals surface area contributed by atoms with Crippen LogP contribution in [0.3, 0.4) is 0 Å². The van der Waals surface area contributed by atoms with Crippen molar-refractivity contribution >= 4 is 28.8 Å². The number of carbonyl (C=O) groups is 2. The van der Waals surface area contributed by atoms with Crippen LogP contribution in [0.15, 0.2) is 11.4 Å². The molecule has 0 aliphatic carbocycles. The van der Waals surface area contributed by atoms with E-state index in [9.17, 15) is 9.59 Å². The van der Waals surface area contributed by atoms with Gasteiger partial charge in [-0.25, -0.2) is 0 Å². The van der Waals surface area contributed by atoms with Crippen LogP contribution in [0.2, 0.25) is 0 Å². The van der Waals surface area contributed by atoms with Gasteiger partial charge in [0.05, 0.1) is 5.69 Å². The zero-order valence-corrected chi connectivity index (χ0v) is 13.6. The lowest BCUT2D eigenvalue weighted by atomic mass is 9.93. The molecule has 2 aliphatic rings. The first kappa shape index (κ1) is 15.3. The summed E-state index contributed by atoms with van der Waals surface area (Å²) < 4.78 is 0. The first-order valence-electron chi connectivity index (χ1n) is 8.05. The summed E-state index contributed by atoms with van der Waals surface area (Å²) in [4.78, 5) is 28.6. The van der Waals surface area contributed by atoms with Crippen molar-refractivity contribution in [3.05, 3.63) is 16.3 Å². The van der Waals surface area contributed by atoms with Crippen LogP contribution in [-0.4, -0.2) is 47.8 Å². The zero-order chi connectivity index (χ0) is 15.5. The van der Waals surface area contributed by atoms with E-state index in [1.165, 1.54) is 11.3 Å². The second-order valence-corrected chi connectivity index (χ2v) is 7.13. The molecule has 2 amide bonds. The van der Waals surface area contributed by atoms with Crippen molar-refractivity contribution in [3.8, 4) is 0 Å². The van der Waals surface area contributed by atoms with Crippen molar-refractivity contribution in [1.82, 2.24) is 9.80 Å². The molecule has 0 radical (unpaired) electrons. The average Bonchev–Trinajstić information content (AvgIpc) is 3.13. The van der Waals surface area contributed by atoms with Crippen LogP contribution >= 0.6 is 11.3 Å². The lowest BCUT2D eigenvalue weighted by Gasteiger charge is -2.32. The lowest BCUT2D eigenvalue weighted by Crippen LogP contribution is -2.39. The van der Waals surface area contributed by atoms with Gasteiger partial charge in [-0.15, -0.1) is 11.3 Å². The third kappa shape index (κ3) is 3.27. The second kappa shape index (κ2) is 6.69. The summed E-state index contributed by atoms with van der Waals surface area (Å²) in [5, 5.41) is 1.86. The second-order valence-electron chi connectivity index (χ2n) is 6.21. The number of hydrogen-bond donors (Lipinski definition) is 1. The Bertz CT molecular complexity index is 549. The molecule has 6 heteroatoms. The highest BCUT2D eigenvalue weighted by molar-refractivity contribution is 7.12. The van der Waals surface area contributed by atoms with Crippen molar-refractivity contribution in [2.45, 2.75) is 32.1 Å². The molecular formula is C16H23N3O2S. The van der Waals surface area contributed by atoms with E-state index >= 15 is 0 Å². The fourth-order valence-corrected chi connectivity index (χ4v) is 4.12. The minimum Gasteiger partial charge on any atom is -0.397 e. The van der Waals surface area contributed by atoms with Gasteiger partial charge < -0.3 is 15.5 Å². The van der Waals surface area contributed by atoms with Gasteiger partial charge in [0.2, 0.25) is 5.91 Å². The van der Waals surface area contributed by atoms with E-state index in [4.69, 9.17) is 5.73 Å². The summed E-state index contributed by atoms with van der Waals surface area (Å²) in [5.41, 5.74) is 6.42. The molecule has 0 bridgehead atoms. The van der Waals surface area contributed by atoms with Crippen LogP contribution in [-0.2, 0) is 4.79 Å². The molecule has 1 aromatic rings. The minimum absolute atomic E-state index is 0.0701. The largest absolute Gasteiger partial charge is 0.397 e. The Labute approximate surface area is 135 Å². The monoisotopic (exact) mass is 321 g/mol. The maximum Gasteiger partial charge on any atom is 0.266 e. The van der Waals surface area contributed by atoms with Crippen molar-refractivity contribution in [2.24, 2.45) is 5.92 Å². The highest BCUT2D eigenvalue weighted by atomic mass is 32.1. The molecule has 2 aliphatic heterocycles. The van der Waals surface area contributed by atoms with Gasteiger partial charge in [-0.2, -0.15) is 0 Å². The highest BCUT2D eigenvalue weighted by Crippen LogP contribution is 2.26. The van der Waals surface area contributed by atoms with Gasteiger partial charge in [-0.1, -0.05) is 0 Å². The molecule has 1 aromatic heterocycles. The number of piperidine rings is 1. The van der Waals surface area contributed by atoms with Crippen LogP contribution in [0.1, 0.15) is 41.8 Å². The molecule has 0 unspecified atom stereocenters. The Hall–Kier alpha value is -1.56. The van der Waals surface area contributed by atoms with E-state index in [2.05, 4.69) is 0 Å². The summed E-state index contributed by atoms with van der Waals surface area (Å²) in [7, 11) is 0. The number of nitrogen functional groups attached to an aromatic ring is 1. The molecule has 0 spiro atoms. The fourth-order valence-electron chi connectivity index (χ4n) is 3.34. The molecule has 2 saturated heterocycles. The van der Waals surface area contributed by atoms with Crippen LogP contribution < -0.4 is 5.73 Å². The topological polar surface area (TPSA) is 66.6 Å². The Balaban J connectivity index is 1.45. The standard InChI is InChI=1S/C16H23N3O2S/c17-13-6-11-22-15(13)16(21)19-9-4-12(5-10-19)3-8-18-7-1-2-14(18)20/h6,11-12H,1-5,7-10,17H2. The van der Waals surface area contributed by atoms with E-state index in [-0.39, 0.29) is 5.91 Å². The molecular weight excluding hydrogens is 298 g/mol. The van der Waals surface area contributed by atoms with E-state index in [0.29, 0.717) is 22.4 Å². The lowest BCUT2D eigenvalue weighted by molar-refractivity contribution is -0.127. The van der Waals surface area contributed by atoms with Gasteiger partial charge >= 0.3 is 0 Å². The molecule has 22 heavy (non-hydrogen) atoms. The van der Waals surface area contributed by atoms with Crippen LogP contribution in [0.4, 0.5) is 5.69 Å². The van der Waals surface area contributed by atoms with Crippen LogP contribution in [0.5, 0.6) is 0 Å². The van der Waals surface area contributed by atoms with Gasteiger partial charge in [-0.05, 0) is 43.0 Å². The SMILES string of the molecule is Nc1ccsc1C(=O)N1CCC(CCN2CCCC2=O)CC1. The van der Waals surface area contributed by atoms with Gasteiger partial charge in [0, 0.05) is 32.6 Å². The summed E-state index contributed by atoms with van der Waals surface area (Å²) in [6, 6.07) is 1.79. The number of nitrogens with two attached hydrogens (primary N) is 1. The Kier molecular flexibility index (Phi) is 4.66. The average molecular weight is 321 g/mol. The smallest absolute Gasteiger partial charge is 0.266 e. The maximum absolute atomic E-state index is 12.4. The zero-order valence-electron chi connectivity index (χ0n) is 12.8. The van der Waals surface area contributed by atoms with Crippen LogP contribution in [0.25, 0.3) is 0 Å².